The molecule has 0 saturated carbocycles. The topological polar surface area (TPSA) is 72.6 Å². The van der Waals surface area contributed by atoms with Crippen molar-refractivity contribution in [2.24, 2.45) is 5.92 Å². The zero-order chi connectivity index (χ0) is 13.9. The molecule has 2 N–H and O–H groups in total. The Balaban J connectivity index is 1.87. The van der Waals surface area contributed by atoms with Gasteiger partial charge in [-0.05, 0) is 24.5 Å². The molecular weight excluding hydrogens is 264 g/mol. The molecule has 1 heterocycles. The summed E-state index contributed by atoms with van der Waals surface area (Å²) >= 11 is 0. The standard InChI is InChI=1S/C13H20N2O3S/c1-11-6-7-15(10-11)19(16,17)9-8-18-13-5-3-2-4-12(13)14/h2-5,11H,6-10,14H2,1H3. The number of anilines is 1. The van der Waals surface area contributed by atoms with Crippen LogP contribution in [0, 0.1) is 5.92 Å². The van der Waals surface area contributed by atoms with Crippen molar-refractivity contribution in [3.63, 3.8) is 0 Å². The first-order chi connectivity index (χ1) is 8.99. The monoisotopic (exact) mass is 284 g/mol. The number of rotatable bonds is 5. The van der Waals surface area contributed by atoms with Gasteiger partial charge in [-0.25, -0.2) is 12.7 Å². The smallest absolute Gasteiger partial charge is 0.217 e. The number of ether oxygens (including phenoxy) is 1. The molecular formula is C13H20N2O3S. The Labute approximate surface area is 114 Å². The van der Waals surface area contributed by atoms with E-state index in [1.807, 2.05) is 12.1 Å². The van der Waals surface area contributed by atoms with Crippen molar-refractivity contribution >= 4 is 15.7 Å². The number of benzene rings is 1. The lowest BCUT2D eigenvalue weighted by Crippen LogP contribution is -2.32. The Kier molecular flexibility index (Phi) is 4.31. The summed E-state index contributed by atoms with van der Waals surface area (Å²) < 4.78 is 31.1. The molecule has 1 fully saturated rings. The molecule has 0 spiro atoms. The molecule has 1 aliphatic rings. The van der Waals surface area contributed by atoms with Crippen molar-refractivity contribution in [3.05, 3.63) is 24.3 Å². The van der Waals surface area contributed by atoms with Gasteiger partial charge in [0.25, 0.3) is 0 Å². The van der Waals surface area contributed by atoms with Crippen molar-refractivity contribution in [2.75, 3.05) is 31.2 Å². The van der Waals surface area contributed by atoms with Gasteiger partial charge in [-0.3, -0.25) is 0 Å². The highest BCUT2D eigenvalue weighted by Gasteiger charge is 2.28. The summed E-state index contributed by atoms with van der Waals surface area (Å²) in [6, 6.07) is 7.08. The predicted molar refractivity (Wildman–Crippen MR) is 75.5 cm³/mol. The van der Waals surface area contributed by atoms with E-state index < -0.39 is 10.0 Å². The molecule has 0 amide bonds. The molecule has 1 atom stereocenters. The van der Waals surface area contributed by atoms with Gasteiger partial charge in [-0.1, -0.05) is 19.1 Å². The first-order valence-corrected chi connectivity index (χ1v) is 8.05. The molecule has 0 aliphatic carbocycles. The summed E-state index contributed by atoms with van der Waals surface area (Å²) in [7, 11) is -3.21. The average molecular weight is 284 g/mol. The highest BCUT2D eigenvalue weighted by molar-refractivity contribution is 7.89. The fourth-order valence-corrected chi connectivity index (χ4v) is 3.56. The summed E-state index contributed by atoms with van der Waals surface area (Å²) in [5.74, 6) is 0.974. The summed E-state index contributed by atoms with van der Waals surface area (Å²) in [6.07, 6.45) is 0.936. The van der Waals surface area contributed by atoms with E-state index in [4.69, 9.17) is 10.5 Å². The minimum atomic E-state index is -3.21. The van der Waals surface area contributed by atoms with E-state index in [2.05, 4.69) is 6.92 Å². The summed E-state index contributed by atoms with van der Waals surface area (Å²) in [5.41, 5.74) is 6.25. The lowest BCUT2D eigenvalue weighted by Gasteiger charge is -2.16. The Morgan fingerprint density at radius 1 is 1.42 bits per heavy atom. The van der Waals surface area contributed by atoms with E-state index in [0.29, 0.717) is 30.4 Å². The summed E-state index contributed by atoms with van der Waals surface area (Å²) in [4.78, 5) is 0. The third kappa shape index (κ3) is 3.61. The van der Waals surface area contributed by atoms with Crippen LogP contribution in [-0.2, 0) is 10.0 Å². The average Bonchev–Trinajstić information content (AvgIpc) is 2.79. The highest BCUT2D eigenvalue weighted by Crippen LogP contribution is 2.21. The maximum Gasteiger partial charge on any atom is 0.217 e. The third-order valence-electron chi connectivity index (χ3n) is 3.30. The normalized spacial score (nSPS) is 20.6. The zero-order valence-electron chi connectivity index (χ0n) is 11.1. The van der Waals surface area contributed by atoms with Crippen LogP contribution >= 0.6 is 0 Å². The van der Waals surface area contributed by atoms with Crippen LogP contribution in [0.1, 0.15) is 13.3 Å². The number of nitrogen functional groups attached to an aromatic ring is 1. The third-order valence-corrected chi connectivity index (χ3v) is 5.10. The lowest BCUT2D eigenvalue weighted by molar-refractivity contribution is 0.338. The maximum absolute atomic E-state index is 12.1. The Morgan fingerprint density at radius 2 is 2.16 bits per heavy atom. The molecule has 1 aromatic rings. The van der Waals surface area contributed by atoms with Crippen LogP contribution in [0.25, 0.3) is 0 Å². The number of nitrogens with two attached hydrogens (primary N) is 1. The van der Waals surface area contributed by atoms with Gasteiger partial charge in [-0.2, -0.15) is 0 Å². The van der Waals surface area contributed by atoms with Crippen LogP contribution < -0.4 is 10.5 Å². The molecule has 19 heavy (non-hydrogen) atoms. The van der Waals surface area contributed by atoms with Gasteiger partial charge in [0.2, 0.25) is 10.0 Å². The van der Waals surface area contributed by atoms with Crippen LogP contribution in [0.4, 0.5) is 5.69 Å². The predicted octanol–water partition coefficient (Wildman–Crippen LogP) is 1.32. The second kappa shape index (κ2) is 5.79. The molecule has 5 nitrogen and oxygen atoms in total. The second-order valence-electron chi connectivity index (χ2n) is 4.95. The Morgan fingerprint density at radius 3 is 2.79 bits per heavy atom. The number of nitrogens with zero attached hydrogens (tertiary/aromatic N) is 1. The molecule has 1 aliphatic heterocycles. The fourth-order valence-electron chi connectivity index (χ4n) is 2.15. The Bertz CT molecular complexity index is 530. The molecule has 6 heteroatoms. The van der Waals surface area contributed by atoms with Gasteiger partial charge in [0.15, 0.2) is 0 Å². The molecule has 1 unspecified atom stereocenters. The van der Waals surface area contributed by atoms with E-state index in [1.54, 1.807) is 16.4 Å². The number of para-hydroxylation sites is 2. The van der Waals surface area contributed by atoms with Crippen molar-refractivity contribution in [3.8, 4) is 5.75 Å². The van der Waals surface area contributed by atoms with Crippen LogP contribution in [0.5, 0.6) is 5.75 Å². The van der Waals surface area contributed by atoms with Gasteiger partial charge in [0.1, 0.15) is 12.4 Å². The molecule has 2 rings (SSSR count). The summed E-state index contributed by atoms with van der Waals surface area (Å²) in [6.45, 7) is 3.44. The lowest BCUT2D eigenvalue weighted by atomic mass is 10.2. The fraction of sp³-hybridized carbons (Fsp3) is 0.538. The van der Waals surface area contributed by atoms with Gasteiger partial charge in [0.05, 0.1) is 11.4 Å². The van der Waals surface area contributed by atoms with Crippen molar-refractivity contribution in [1.82, 2.24) is 4.31 Å². The van der Waals surface area contributed by atoms with Crippen LogP contribution in [0.2, 0.25) is 0 Å². The first-order valence-electron chi connectivity index (χ1n) is 6.44. The minimum absolute atomic E-state index is 0.00590. The van der Waals surface area contributed by atoms with E-state index in [0.717, 1.165) is 6.42 Å². The first kappa shape index (κ1) is 14.1. The van der Waals surface area contributed by atoms with Crippen molar-refractivity contribution < 1.29 is 13.2 Å². The number of sulfonamides is 1. The van der Waals surface area contributed by atoms with Gasteiger partial charge in [-0.15, -0.1) is 0 Å². The quantitative estimate of drug-likeness (QED) is 0.828. The van der Waals surface area contributed by atoms with Gasteiger partial charge >= 0.3 is 0 Å². The molecule has 0 aromatic heterocycles. The van der Waals surface area contributed by atoms with E-state index in [1.165, 1.54) is 0 Å². The molecule has 1 saturated heterocycles. The van der Waals surface area contributed by atoms with E-state index in [9.17, 15) is 8.42 Å². The maximum atomic E-state index is 12.1. The second-order valence-corrected chi connectivity index (χ2v) is 7.04. The van der Waals surface area contributed by atoms with Crippen molar-refractivity contribution in [2.45, 2.75) is 13.3 Å². The minimum Gasteiger partial charge on any atom is -0.490 e. The molecule has 0 bridgehead atoms. The highest BCUT2D eigenvalue weighted by atomic mass is 32.2. The van der Waals surface area contributed by atoms with E-state index in [-0.39, 0.29) is 12.4 Å². The van der Waals surface area contributed by atoms with E-state index >= 15 is 0 Å². The molecule has 0 radical (unpaired) electrons. The largest absolute Gasteiger partial charge is 0.490 e. The SMILES string of the molecule is CC1CCN(S(=O)(=O)CCOc2ccccc2N)C1. The van der Waals surface area contributed by atoms with Crippen molar-refractivity contribution in [1.29, 1.82) is 0 Å². The van der Waals surface area contributed by atoms with Crippen LogP contribution in [0.15, 0.2) is 24.3 Å². The number of hydrogen-bond donors (Lipinski definition) is 1. The van der Waals surface area contributed by atoms with Gasteiger partial charge in [0, 0.05) is 13.1 Å². The number of hydrogen-bond acceptors (Lipinski definition) is 4. The Hall–Kier alpha value is -1.27. The molecule has 1 aromatic carbocycles. The van der Waals surface area contributed by atoms with Gasteiger partial charge < -0.3 is 10.5 Å². The van der Waals surface area contributed by atoms with Crippen LogP contribution in [-0.4, -0.2) is 38.2 Å². The molecule has 106 valence electrons. The zero-order valence-corrected chi connectivity index (χ0v) is 11.9. The van der Waals surface area contributed by atoms with Crippen LogP contribution in [0.3, 0.4) is 0 Å². The summed E-state index contributed by atoms with van der Waals surface area (Å²) in [5, 5.41) is 0.